The normalized spacial score (nSPS) is 10.7. The minimum absolute atomic E-state index is 0.0942. The van der Waals surface area contributed by atoms with Gasteiger partial charge in [0, 0.05) is 25.6 Å². The van der Waals surface area contributed by atoms with Crippen molar-refractivity contribution in [3.05, 3.63) is 12.2 Å². The predicted molar refractivity (Wildman–Crippen MR) is 92.6 cm³/mol. The van der Waals surface area contributed by atoms with Crippen LogP contribution in [0.15, 0.2) is 17.1 Å². The molecule has 0 aromatic carbocycles. The summed E-state index contributed by atoms with van der Waals surface area (Å²) in [6, 6.07) is -1.16. The van der Waals surface area contributed by atoms with Gasteiger partial charge in [-0.2, -0.15) is 0 Å². The molecule has 0 heterocycles. The maximum Gasteiger partial charge on any atom is 0.326 e. The molecule has 0 aliphatic heterocycles. The fraction of sp³-hybridized carbons (Fsp3) is 0.429. The van der Waals surface area contributed by atoms with Crippen molar-refractivity contribution in [3.8, 4) is 0 Å². The molecule has 0 spiro atoms. The number of aliphatic imine (C=N–C) groups is 1. The quantitative estimate of drug-likeness (QED) is 0.0894. The highest BCUT2D eigenvalue weighted by molar-refractivity contribution is 5.98. The molecule has 152 valence electrons. The largest absolute Gasteiger partial charge is 0.481 e. The summed E-state index contributed by atoms with van der Waals surface area (Å²) in [7, 11) is 0. The highest BCUT2D eigenvalue weighted by atomic mass is 16.4. The zero-order valence-corrected chi connectivity index (χ0v) is 14.5. The van der Waals surface area contributed by atoms with Gasteiger partial charge in [0.15, 0.2) is 5.96 Å². The Hall–Kier alpha value is -3.64. The van der Waals surface area contributed by atoms with Gasteiger partial charge in [0.25, 0.3) is 5.97 Å². The Bertz CT molecular complexity index is 594. The highest BCUT2D eigenvalue weighted by Crippen LogP contribution is 1.98. The molecule has 0 radical (unpaired) electrons. The fourth-order valence-corrected chi connectivity index (χ4v) is 1.35. The molecule has 0 aromatic rings. The standard InChI is InChI=1S/C12H19N5O6.C2H4O2/c13-12(14)15-5-1-2-7(11(22)23)17-9(19)4-3-8(18)16-6-10(20)21;1-2(3)4/h3-4,7H,1-2,5-6H2,(H,16,18)(H,17,19)(H,20,21)(H,22,23)(H4,13,14,15);1H3,(H,3,4)/b4-3-;. The molecular weight excluding hydrogens is 366 g/mol. The van der Waals surface area contributed by atoms with E-state index in [1.54, 1.807) is 0 Å². The molecule has 0 aliphatic carbocycles. The molecule has 0 aromatic heterocycles. The van der Waals surface area contributed by atoms with E-state index in [0.717, 1.165) is 19.1 Å². The Balaban J connectivity index is 0. The van der Waals surface area contributed by atoms with Crippen molar-refractivity contribution in [3.63, 3.8) is 0 Å². The number of nitrogens with zero attached hydrogens (tertiary/aromatic N) is 1. The molecule has 2 amide bonds. The molecule has 13 nitrogen and oxygen atoms in total. The number of carbonyl (C=O) groups excluding carboxylic acids is 2. The lowest BCUT2D eigenvalue weighted by Crippen LogP contribution is -2.40. The van der Waals surface area contributed by atoms with E-state index >= 15 is 0 Å². The van der Waals surface area contributed by atoms with Gasteiger partial charge in [-0.05, 0) is 12.8 Å². The number of guanidine groups is 1. The molecule has 1 atom stereocenters. The summed E-state index contributed by atoms with van der Waals surface area (Å²) in [5.41, 5.74) is 10.2. The van der Waals surface area contributed by atoms with Crippen molar-refractivity contribution < 1.29 is 39.3 Å². The Kier molecular flexibility index (Phi) is 13.9. The molecule has 13 heteroatoms. The van der Waals surface area contributed by atoms with Crippen molar-refractivity contribution >= 4 is 35.7 Å². The van der Waals surface area contributed by atoms with E-state index in [-0.39, 0.29) is 18.9 Å². The first-order chi connectivity index (χ1) is 12.5. The van der Waals surface area contributed by atoms with Gasteiger partial charge in [-0.3, -0.25) is 24.2 Å². The van der Waals surface area contributed by atoms with Crippen molar-refractivity contribution in [2.45, 2.75) is 25.8 Å². The molecule has 0 bridgehead atoms. The number of carboxylic acid groups (broad SMARTS) is 3. The van der Waals surface area contributed by atoms with E-state index in [4.69, 9.17) is 31.6 Å². The Labute approximate surface area is 154 Å². The summed E-state index contributed by atoms with van der Waals surface area (Å²) in [5, 5.41) is 28.9. The monoisotopic (exact) mass is 389 g/mol. The van der Waals surface area contributed by atoms with Crippen LogP contribution in [0.5, 0.6) is 0 Å². The van der Waals surface area contributed by atoms with Gasteiger partial charge in [-0.25, -0.2) is 4.79 Å². The Morgan fingerprint density at radius 1 is 1.04 bits per heavy atom. The van der Waals surface area contributed by atoms with Gasteiger partial charge < -0.3 is 37.4 Å². The lowest BCUT2D eigenvalue weighted by molar-refractivity contribution is -0.141. The van der Waals surface area contributed by atoms with E-state index in [1.807, 2.05) is 5.32 Å². The van der Waals surface area contributed by atoms with Gasteiger partial charge in [0.05, 0.1) is 0 Å². The summed E-state index contributed by atoms with van der Waals surface area (Å²) in [4.78, 5) is 56.6. The first-order valence-electron chi connectivity index (χ1n) is 7.41. The number of aliphatic carboxylic acids is 3. The van der Waals surface area contributed by atoms with Crippen LogP contribution in [-0.4, -0.2) is 70.1 Å². The van der Waals surface area contributed by atoms with Crippen molar-refractivity contribution in [2.24, 2.45) is 16.5 Å². The molecule has 9 N–H and O–H groups in total. The van der Waals surface area contributed by atoms with Crippen LogP contribution in [0.1, 0.15) is 19.8 Å². The van der Waals surface area contributed by atoms with Gasteiger partial charge in [0.1, 0.15) is 12.6 Å². The first kappa shape index (κ1) is 25.6. The topological polar surface area (TPSA) is 234 Å². The average molecular weight is 389 g/mol. The molecular formula is C14H23N5O8. The first-order valence-corrected chi connectivity index (χ1v) is 7.41. The number of amides is 2. The number of nitrogens with two attached hydrogens (primary N) is 2. The van der Waals surface area contributed by atoms with E-state index in [9.17, 15) is 19.2 Å². The number of carboxylic acids is 3. The molecule has 0 saturated carbocycles. The van der Waals surface area contributed by atoms with Crippen LogP contribution in [0.25, 0.3) is 0 Å². The Morgan fingerprint density at radius 3 is 2.00 bits per heavy atom. The Morgan fingerprint density at radius 2 is 1.56 bits per heavy atom. The number of hydrogen-bond donors (Lipinski definition) is 7. The van der Waals surface area contributed by atoms with Crippen LogP contribution in [0, 0.1) is 0 Å². The lowest BCUT2D eigenvalue weighted by Gasteiger charge is -2.12. The van der Waals surface area contributed by atoms with Gasteiger partial charge >= 0.3 is 11.9 Å². The zero-order valence-electron chi connectivity index (χ0n) is 14.5. The zero-order chi connectivity index (χ0) is 21.4. The third-order valence-corrected chi connectivity index (χ3v) is 2.36. The molecule has 0 fully saturated rings. The average Bonchev–Trinajstić information content (AvgIpc) is 2.52. The van der Waals surface area contributed by atoms with Crippen LogP contribution in [-0.2, 0) is 24.0 Å². The maximum absolute atomic E-state index is 11.5. The molecule has 0 rings (SSSR count). The predicted octanol–water partition coefficient (Wildman–Crippen LogP) is -2.54. The second-order valence-electron chi connectivity index (χ2n) is 4.81. The maximum atomic E-state index is 11.5. The van der Waals surface area contributed by atoms with Gasteiger partial charge in [0.2, 0.25) is 11.8 Å². The molecule has 0 aliphatic rings. The lowest BCUT2D eigenvalue weighted by atomic mass is 10.1. The molecule has 0 saturated heterocycles. The van der Waals surface area contributed by atoms with Crippen LogP contribution in [0.2, 0.25) is 0 Å². The van der Waals surface area contributed by atoms with Crippen LogP contribution >= 0.6 is 0 Å². The SMILES string of the molecule is CC(=O)O.NC(N)=NCCCC(NC(=O)/C=C\C(=O)NCC(=O)O)C(=O)O. The van der Waals surface area contributed by atoms with E-state index < -0.39 is 42.3 Å². The van der Waals surface area contributed by atoms with Crippen LogP contribution in [0.3, 0.4) is 0 Å². The van der Waals surface area contributed by atoms with Gasteiger partial charge in [-0.1, -0.05) is 0 Å². The van der Waals surface area contributed by atoms with Crippen molar-refractivity contribution in [1.82, 2.24) is 10.6 Å². The minimum Gasteiger partial charge on any atom is -0.481 e. The number of rotatable bonds is 10. The third kappa shape index (κ3) is 20.3. The highest BCUT2D eigenvalue weighted by Gasteiger charge is 2.18. The van der Waals surface area contributed by atoms with E-state index in [2.05, 4.69) is 10.3 Å². The van der Waals surface area contributed by atoms with Crippen molar-refractivity contribution in [1.29, 1.82) is 0 Å². The third-order valence-electron chi connectivity index (χ3n) is 2.36. The second kappa shape index (κ2) is 14.7. The summed E-state index contributed by atoms with van der Waals surface area (Å²) in [6.45, 7) is 0.711. The summed E-state index contributed by atoms with van der Waals surface area (Å²) in [5.74, 6) is -5.02. The van der Waals surface area contributed by atoms with E-state index in [1.165, 1.54) is 0 Å². The summed E-state index contributed by atoms with van der Waals surface area (Å²) >= 11 is 0. The summed E-state index contributed by atoms with van der Waals surface area (Å²) in [6.07, 6.45) is 2.04. The van der Waals surface area contributed by atoms with E-state index in [0.29, 0.717) is 6.42 Å². The summed E-state index contributed by atoms with van der Waals surface area (Å²) < 4.78 is 0. The van der Waals surface area contributed by atoms with Crippen LogP contribution < -0.4 is 22.1 Å². The smallest absolute Gasteiger partial charge is 0.326 e. The molecule has 1 unspecified atom stereocenters. The number of carbonyl (C=O) groups is 5. The number of nitrogens with one attached hydrogen (secondary N) is 2. The van der Waals surface area contributed by atoms with Crippen molar-refractivity contribution in [2.75, 3.05) is 13.1 Å². The van der Waals surface area contributed by atoms with Crippen LogP contribution in [0.4, 0.5) is 0 Å². The molecule has 27 heavy (non-hydrogen) atoms. The minimum atomic E-state index is -1.24. The number of hydrogen-bond acceptors (Lipinski definition) is 6. The fourth-order valence-electron chi connectivity index (χ4n) is 1.35. The second-order valence-corrected chi connectivity index (χ2v) is 4.81. The van der Waals surface area contributed by atoms with Gasteiger partial charge in [-0.15, -0.1) is 0 Å².